The molecule has 0 saturated heterocycles. The van der Waals surface area contributed by atoms with E-state index in [1.807, 2.05) is 47.0 Å². The number of rotatable bonds is 8. The maximum absolute atomic E-state index is 14.5. The number of hydrogen-bond acceptors (Lipinski definition) is 5. The Morgan fingerprint density at radius 1 is 1.02 bits per heavy atom. The molecule has 1 fully saturated rings. The summed E-state index contributed by atoms with van der Waals surface area (Å²) in [7, 11) is 1.63. The molecule has 0 N–H and O–H groups in total. The zero-order chi connectivity index (χ0) is 28.2. The number of methoxy groups -OCH3 is 1. The Morgan fingerprint density at radius 2 is 1.73 bits per heavy atom. The van der Waals surface area contributed by atoms with Crippen LogP contribution in [0.3, 0.4) is 0 Å². The summed E-state index contributed by atoms with van der Waals surface area (Å²) in [6.45, 7) is 3.41. The van der Waals surface area contributed by atoms with Gasteiger partial charge in [0.2, 0.25) is 0 Å². The number of benzene rings is 3. The van der Waals surface area contributed by atoms with E-state index in [4.69, 9.17) is 21.1 Å². The molecule has 1 atom stereocenters. The maximum Gasteiger partial charge on any atom is 0.192 e. The van der Waals surface area contributed by atoms with Crippen molar-refractivity contribution >= 4 is 17.4 Å². The van der Waals surface area contributed by atoms with Gasteiger partial charge in [-0.25, -0.2) is 8.78 Å². The average Bonchev–Trinajstić information content (AvgIpc) is 3.58. The smallest absolute Gasteiger partial charge is 0.192 e. The first-order valence-electron chi connectivity index (χ1n) is 13.2. The van der Waals surface area contributed by atoms with Gasteiger partial charge in [0.05, 0.1) is 7.11 Å². The summed E-state index contributed by atoms with van der Waals surface area (Å²) in [5.41, 5.74) is 2.44. The van der Waals surface area contributed by atoms with E-state index >= 15 is 0 Å². The molecule has 1 heterocycles. The third kappa shape index (κ3) is 4.85. The van der Waals surface area contributed by atoms with Gasteiger partial charge in [0.25, 0.3) is 0 Å². The first-order valence-corrected chi connectivity index (χ1v) is 13.6. The van der Waals surface area contributed by atoms with Gasteiger partial charge in [-0.3, -0.25) is 4.79 Å². The maximum atomic E-state index is 14.5. The fourth-order valence-corrected chi connectivity index (χ4v) is 5.63. The second-order valence-corrected chi connectivity index (χ2v) is 11.4. The lowest BCUT2D eigenvalue weighted by Gasteiger charge is -2.27. The second kappa shape index (κ2) is 10.0. The molecule has 6 rings (SSSR count). The van der Waals surface area contributed by atoms with Crippen molar-refractivity contribution in [1.29, 1.82) is 0 Å². The summed E-state index contributed by atoms with van der Waals surface area (Å²) in [6.07, 6.45) is 3.16. The molecule has 2 aliphatic rings. The van der Waals surface area contributed by atoms with Crippen LogP contribution < -0.4 is 9.47 Å². The minimum Gasteiger partial charge on any atom is -0.497 e. The van der Waals surface area contributed by atoms with Gasteiger partial charge in [0, 0.05) is 28.1 Å². The zero-order valence-electron chi connectivity index (χ0n) is 22.4. The molecule has 0 bridgehead atoms. The van der Waals surface area contributed by atoms with E-state index in [9.17, 15) is 13.6 Å². The molecule has 1 aromatic heterocycles. The molecule has 9 heteroatoms. The fraction of sp³-hybridized carbons (Fsp3) is 0.323. The van der Waals surface area contributed by atoms with Gasteiger partial charge in [0.1, 0.15) is 5.75 Å². The molecule has 1 saturated carbocycles. The van der Waals surface area contributed by atoms with E-state index in [0.717, 1.165) is 53.0 Å². The SMILES string of the molecule is COc1ccc(CC2Cc3cc(-c4nnc(C(C)(C)Oc5c(F)cc(Cl)cc5F)n4C4CC4)ccc3C2=O)cc1. The number of carbonyl (C=O) groups is 1. The lowest BCUT2D eigenvalue weighted by atomic mass is 9.96. The summed E-state index contributed by atoms with van der Waals surface area (Å²) < 4.78 is 42.2. The third-order valence-electron chi connectivity index (χ3n) is 7.57. The molecule has 6 nitrogen and oxygen atoms in total. The van der Waals surface area contributed by atoms with Crippen molar-refractivity contribution in [2.45, 2.75) is 51.2 Å². The fourth-order valence-electron chi connectivity index (χ4n) is 5.44. The summed E-state index contributed by atoms with van der Waals surface area (Å²) in [4.78, 5) is 13.2. The van der Waals surface area contributed by atoms with Gasteiger partial charge in [-0.15, -0.1) is 10.2 Å². The molecular formula is C31H28ClF2N3O3. The van der Waals surface area contributed by atoms with E-state index in [-0.39, 0.29) is 22.8 Å². The Labute approximate surface area is 235 Å². The van der Waals surface area contributed by atoms with Crippen LogP contribution >= 0.6 is 11.6 Å². The van der Waals surface area contributed by atoms with E-state index < -0.39 is 23.0 Å². The minimum atomic E-state index is -1.19. The van der Waals surface area contributed by atoms with Crippen LogP contribution in [0.5, 0.6) is 11.5 Å². The highest BCUT2D eigenvalue weighted by atomic mass is 35.5. The first-order chi connectivity index (χ1) is 19.1. The van der Waals surface area contributed by atoms with Crippen LogP contribution in [0, 0.1) is 17.6 Å². The number of aromatic nitrogens is 3. The predicted molar refractivity (Wildman–Crippen MR) is 147 cm³/mol. The molecule has 0 aliphatic heterocycles. The molecule has 0 spiro atoms. The van der Waals surface area contributed by atoms with Gasteiger partial charge in [-0.1, -0.05) is 35.9 Å². The number of ketones is 1. The molecule has 0 amide bonds. The van der Waals surface area contributed by atoms with Crippen LogP contribution in [0.4, 0.5) is 8.78 Å². The van der Waals surface area contributed by atoms with Crippen molar-refractivity contribution in [3.63, 3.8) is 0 Å². The van der Waals surface area contributed by atoms with Gasteiger partial charge >= 0.3 is 0 Å². The molecule has 0 radical (unpaired) electrons. The number of ether oxygens (including phenoxy) is 2. The Kier molecular flexibility index (Phi) is 6.61. The van der Waals surface area contributed by atoms with Gasteiger partial charge in [-0.05, 0) is 81.0 Å². The molecule has 3 aromatic carbocycles. The summed E-state index contributed by atoms with van der Waals surface area (Å²) >= 11 is 5.78. The second-order valence-electron chi connectivity index (χ2n) is 10.9. The predicted octanol–water partition coefficient (Wildman–Crippen LogP) is 7.13. The summed E-state index contributed by atoms with van der Waals surface area (Å²) in [5, 5.41) is 8.87. The first kappa shape index (κ1) is 26.4. The normalized spacial score (nSPS) is 16.8. The van der Waals surface area contributed by atoms with E-state index in [1.165, 1.54) is 0 Å². The number of halogens is 3. The zero-order valence-corrected chi connectivity index (χ0v) is 23.1. The number of nitrogens with zero attached hydrogens (tertiary/aromatic N) is 3. The molecule has 206 valence electrons. The standard InChI is InChI=1S/C31H28ClF2N3O3/c1-31(2,40-28-25(33)15-21(32)16-26(28)34)30-36-35-29(37(30)22-7-8-22)18-6-11-24-19(13-18)14-20(27(24)38)12-17-4-9-23(39-3)10-5-17/h4-6,9-11,13,15-16,20,22H,7-8,12,14H2,1-3H3. The number of Topliss-reactive ketones (excluding diaryl/α,β-unsaturated/α-hetero) is 1. The van der Waals surface area contributed by atoms with Crippen LogP contribution in [-0.4, -0.2) is 27.7 Å². The largest absolute Gasteiger partial charge is 0.497 e. The molecule has 40 heavy (non-hydrogen) atoms. The molecule has 2 aliphatic carbocycles. The summed E-state index contributed by atoms with van der Waals surface area (Å²) in [6, 6.07) is 15.8. The number of carbonyl (C=O) groups excluding carboxylic acids is 1. The Bertz CT molecular complexity index is 1590. The van der Waals surface area contributed by atoms with Crippen LogP contribution in [0.15, 0.2) is 54.6 Å². The topological polar surface area (TPSA) is 66.2 Å². The van der Waals surface area contributed by atoms with Crippen molar-refractivity contribution < 1.29 is 23.0 Å². The van der Waals surface area contributed by atoms with E-state index in [1.54, 1.807) is 21.0 Å². The van der Waals surface area contributed by atoms with Crippen molar-refractivity contribution in [2.75, 3.05) is 7.11 Å². The third-order valence-corrected chi connectivity index (χ3v) is 7.79. The van der Waals surface area contributed by atoms with Crippen LogP contribution in [-0.2, 0) is 18.4 Å². The highest BCUT2D eigenvalue weighted by molar-refractivity contribution is 6.30. The minimum absolute atomic E-state index is 0.0510. The average molecular weight is 564 g/mol. The Balaban J connectivity index is 1.29. The number of hydrogen-bond donors (Lipinski definition) is 0. The van der Waals surface area contributed by atoms with Crippen LogP contribution in [0.2, 0.25) is 5.02 Å². The Hall–Kier alpha value is -3.78. The van der Waals surface area contributed by atoms with Crippen LogP contribution in [0.1, 0.15) is 60.0 Å². The van der Waals surface area contributed by atoms with E-state index in [2.05, 4.69) is 10.2 Å². The highest BCUT2D eigenvalue weighted by Crippen LogP contribution is 2.43. The monoisotopic (exact) mass is 563 g/mol. The van der Waals surface area contributed by atoms with Gasteiger partial charge in [-0.2, -0.15) is 0 Å². The van der Waals surface area contributed by atoms with Crippen molar-refractivity contribution in [1.82, 2.24) is 14.8 Å². The number of fused-ring (bicyclic) bond motifs is 1. The Morgan fingerprint density at radius 3 is 2.38 bits per heavy atom. The quantitative estimate of drug-likeness (QED) is 0.228. The lowest BCUT2D eigenvalue weighted by molar-refractivity contribution is 0.0825. The van der Waals surface area contributed by atoms with Gasteiger partial charge in [0.15, 0.2) is 40.4 Å². The van der Waals surface area contributed by atoms with Crippen molar-refractivity contribution in [2.24, 2.45) is 5.92 Å². The van der Waals surface area contributed by atoms with Gasteiger partial charge < -0.3 is 14.0 Å². The molecule has 4 aromatic rings. The molecular weight excluding hydrogens is 536 g/mol. The summed E-state index contributed by atoms with van der Waals surface area (Å²) in [5.74, 6) is -0.388. The van der Waals surface area contributed by atoms with Crippen molar-refractivity contribution in [3.8, 4) is 22.9 Å². The highest BCUT2D eigenvalue weighted by Gasteiger charge is 2.39. The molecule has 1 unspecified atom stereocenters. The lowest BCUT2D eigenvalue weighted by Crippen LogP contribution is -2.30. The van der Waals surface area contributed by atoms with Crippen molar-refractivity contribution in [3.05, 3.63) is 93.8 Å². The van der Waals surface area contributed by atoms with Crippen LogP contribution in [0.25, 0.3) is 11.4 Å². The van der Waals surface area contributed by atoms with E-state index in [0.29, 0.717) is 24.5 Å².